The highest BCUT2D eigenvalue weighted by molar-refractivity contribution is 5.38. The molecule has 0 saturated carbocycles. The predicted octanol–water partition coefficient (Wildman–Crippen LogP) is 1.53. The summed E-state index contributed by atoms with van der Waals surface area (Å²) in [5.41, 5.74) is 3.91. The normalized spacial score (nSPS) is 11.2. The fourth-order valence-electron chi connectivity index (χ4n) is 2.22. The number of aromatic nitrogens is 4. The molecule has 0 fully saturated rings. The third-order valence-electron chi connectivity index (χ3n) is 3.23. The Hall–Kier alpha value is -1.62. The van der Waals surface area contributed by atoms with E-state index in [1.807, 2.05) is 18.7 Å². The standard InChI is InChI=1S/C13H20N4O/c1-5-10-7-11(6-2)17(15-10)13-12(8-18)9(3)14-16(13)4/h7,18H,5-6,8H2,1-4H3. The summed E-state index contributed by atoms with van der Waals surface area (Å²) in [5, 5.41) is 18.5. The van der Waals surface area contributed by atoms with Crippen molar-refractivity contribution >= 4 is 0 Å². The van der Waals surface area contributed by atoms with E-state index in [0.717, 1.165) is 41.3 Å². The summed E-state index contributed by atoms with van der Waals surface area (Å²) in [4.78, 5) is 0. The van der Waals surface area contributed by atoms with Crippen LogP contribution in [0, 0.1) is 6.92 Å². The van der Waals surface area contributed by atoms with E-state index in [9.17, 15) is 5.11 Å². The topological polar surface area (TPSA) is 55.9 Å². The molecule has 0 bridgehead atoms. The molecule has 0 spiro atoms. The molecule has 0 saturated heterocycles. The first-order chi connectivity index (χ1) is 8.62. The second kappa shape index (κ2) is 4.94. The van der Waals surface area contributed by atoms with Gasteiger partial charge in [0.15, 0.2) is 5.82 Å². The third-order valence-corrected chi connectivity index (χ3v) is 3.23. The zero-order valence-electron chi connectivity index (χ0n) is 11.4. The summed E-state index contributed by atoms with van der Waals surface area (Å²) in [6.07, 6.45) is 1.81. The molecule has 5 heteroatoms. The van der Waals surface area contributed by atoms with Crippen molar-refractivity contribution in [2.75, 3.05) is 0 Å². The lowest BCUT2D eigenvalue weighted by Gasteiger charge is -2.08. The van der Waals surface area contributed by atoms with Crippen molar-refractivity contribution < 1.29 is 5.11 Å². The number of aliphatic hydroxyl groups excluding tert-OH is 1. The van der Waals surface area contributed by atoms with Crippen LogP contribution in [-0.4, -0.2) is 24.7 Å². The molecule has 98 valence electrons. The van der Waals surface area contributed by atoms with Crippen LogP contribution >= 0.6 is 0 Å². The Labute approximate surface area is 107 Å². The highest BCUT2D eigenvalue weighted by Crippen LogP contribution is 2.20. The largest absolute Gasteiger partial charge is 0.391 e. The highest BCUT2D eigenvalue weighted by Gasteiger charge is 2.17. The maximum absolute atomic E-state index is 9.51. The van der Waals surface area contributed by atoms with Crippen molar-refractivity contribution in [3.63, 3.8) is 0 Å². The van der Waals surface area contributed by atoms with Crippen LogP contribution in [0.1, 0.15) is 36.5 Å². The number of hydrogen-bond acceptors (Lipinski definition) is 3. The van der Waals surface area contributed by atoms with Crippen LogP contribution in [0.15, 0.2) is 6.07 Å². The molecular formula is C13H20N4O. The van der Waals surface area contributed by atoms with Gasteiger partial charge in [-0.3, -0.25) is 4.68 Å². The molecule has 5 nitrogen and oxygen atoms in total. The minimum absolute atomic E-state index is 0.0144. The van der Waals surface area contributed by atoms with Crippen LogP contribution in [0.5, 0.6) is 0 Å². The molecular weight excluding hydrogens is 228 g/mol. The van der Waals surface area contributed by atoms with Crippen LogP contribution in [0.4, 0.5) is 0 Å². The van der Waals surface area contributed by atoms with Crippen LogP contribution in [0.3, 0.4) is 0 Å². The average molecular weight is 248 g/mol. The van der Waals surface area contributed by atoms with E-state index in [1.54, 1.807) is 4.68 Å². The number of aliphatic hydroxyl groups is 1. The molecule has 2 rings (SSSR count). The number of aryl methyl sites for hydroxylation is 4. The van der Waals surface area contributed by atoms with Gasteiger partial charge in [0.05, 0.1) is 18.0 Å². The zero-order chi connectivity index (χ0) is 13.3. The Morgan fingerprint density at radius 3 is 2.50 bits per heavy atom. The molecule has 0 aliphatic carbocycles. The summed E-state index contributed by atoms with van der Waals surface area (Å²) in [6, 6.07) is 2.11. The summed E-state index contributed by atoms with van der Waals surface area (Å²) >= 11 is 0. The van der Waals surface area contributed by atoms with Crippen LogP contribution < -0.4 is 0 Å². The predicted molar refractivity (Wildman–Crippen MR) is 69.7 cm³/mol. The van der Waals surface area contributed by atoms with Crippen molar-refractivity contribution in [1.29, 1.82) is 0 Å². The summed E-state index contributed by atoms with van der Waals surface area (Å²) < 4.78 is 3.69. The lowest BCUT2D eigenvalue weighted by molar-refractivity contribution is 0.280. The highest BCUT2D eigenvalue weighted by atomic mass is 16.3. The zero-order valence-corrected chi connectivity index (χ0v) is 11.4. The first kappa shape index (κ1) is 12.8. The van der Waals surface area contributed by atoms with Crippen molar-refractivity contribution in [3.05, 3.63) is 28.7 Å². The molecule has 0 amide bonds. The maximum Gasteiger partial charge on any atom is 0.157 e. The molecule has 0 radical (unpaired) electrons. The molecule has 2 heterocycles. The molecule has 0 unspecified atom stereocenters. The van der Waals surface area contributed by atoms with Gasteiger partial charge >= 0.3 is 0 Å². The SMILES string of the molecule is CCc1cc(CC)n(-c2c(CO)c(C)nn2C)n1. The molecule has 18 heavy (non-hydrogen) atoms. The van der Waals surface area contributed by atoms with Gasteiger partial charge in [-0.25, -0.2) is 4.68 Å². The molecule has 2 aromatic rings. The summed E-state index contributed by atoms with van der Waals surface area (Å²) in [5.74, 6) is 0.867. The van der Waals surface area contributed by atoms with E-state index in [0.29, 0.717) is 0 Å². The second-order valence-corrected chi connectivity index (χ2v) is 4.42. The minimum atomic E-state index is -0.0144. The Morgan fingerprint density at radius 1 is 1.22 bits per heavy atom. The molecule has 0 aliphatic heterocycles. The second-order valence-electron chi connectivity index (χ2n) is 4.42. The molecule has 0 aromatic carbocycles. The lowest BCUT2D eigenvalue weighted by atomic mass is 10.2. The monoisotopic (exact) mass is 248 g/mol. The Bertz CT molecular complexity index is 554. The minimum Gasteiger partial charge on any atom is -0.391 e. The van der Waals surface area contributed by atoms with Crippen LogP contribution in [-0.2, 0) is 26.5 Å². The van der Waals surface area contributed by atoms with Gasteiger partial charge in [-0.05, 0) is 25.8 Å². The van der Waals surface area contributed by atoms with Gasteiger partial charge in [0.2, 0.25) is 0 Å². The van der Waals surface area contributed by atoms with Crippen molar-refractivity contribution in [3.8, 4) is 5.82 Å². The Morgan fingerprint density at radius 2 is 1.94 bits per heavy atom. The molecule has 2 aromatic heterocycles. The van der Waals surface area contributed by atoms with E-state index in [-0.39, 0.29) is 6.61 Å². The number of nitrogens with zero attached hydrogens (tertiary/aromatic N) is 4. The van der Waals surface area contributed by atoms with Crippen molar-refractivity contribution in [2.24, 2.45) is 7.05 Å². The Kier molecular flexibility index (Phi) is 3.52. The molecule has 0 aliphatic rings. The van der Waals surface area contributed by atoms with Gasteiger partial charge in [-0.2, -0.15) is 10.2 Å². The van der Waals surface area contributed by atoms with Gasteiger partial charge < -0.3 is 5.11 Å². The van der Waals surface area contributed by atoms with Gasteiger partial charge in [0.1, 0.15) is 0 Å². The van der Waals surface area contributed by atoms with Gasteiger partial charge in [-0.1, -0.05) is 13.8 Å². The van der Waals surface area contributed by atoms with Crippen molar-refractivity contribution in [1.82, 2.24) is 19.6 Å². The molecule has 1 N–H and O–H groups in total. The van der Waals surface area contributed by atoms with E-state index in [4.69, 9.17) is 0 Å². The number of rotatable bonds is 4. The number of hydrogen-bond donors (Lipinski definition) is 1. The molecule has 0 atom stereocenters. The average Bonchev–Trinajstić information content (AvgIpc) is 2.88. The van der Waals surface area contributed by atoms with Crippen LogP contribution in [0.2, 0.25) is 0 Å². The summed E-state index contributed by atoms with van der Waals surface area (Å²) in [7, 11) is 1.88. The fraction of sp³-hybridized carbons (Fsp3) is 0.538. The van der Waals surface area contributed by atoms with Crippen molar-refractivity contribution in [2.45, 2.75) is 40.2 Å². The smallest absolute Gasteiger partial charge is 0.157 e. The quantitative estimate of drug-likeness (QED) is 0.892. The van der Waals surface area contributed by atoms with Gasteiger partial charge in [0, 0.05) is 18.3 Å². The van der Waals surface area contributed by atoms with E-state index < -0.39 is 0 Å². The van der Waals surface area contributed by atoms with Crippen LogP contribution in [0.25, 0.3) is 5.82 Å². The first-order valence-electron chi connectivity index (χ1n) is 6.33. The van der Waals surface area contributed by atoms with E-state index in [2.05, 4.69) is 30.1 Å². The van der Waals surface area contributed by atoms with E-state index in [1.165, 1.54) is 0 Å². The van der Waals surface area contributed by atoms with Gasteiger partial charge in [0.25, 0.3) is 0 Å². The van der Waals surface area contributed by atoms with Gasteiger partial charge in [-0.15, -0.1) is 0 Å². The first-order valence-corrected chi connectivity index (χ1v) is 6.33. The Balaban J connectivity index is 2.64. The fourth-order valence-corrected chi connectivity index (χ4v) is 2.22. The maximum atomic E-state index is 9.51. The summed E-state index contributed by atoms with van der Waals surface area (Å²) in [6.45, 7) is 6.09. The van der Waals surface area contributed by atoms with E-state index >= 15 is 0 Å². The third kappa shape index (κ3) is 1.95. The lowest BCUT2D eigenvalue weighted by Crippen LogP contribution is -2.10.